The van der Waals surface area contributed by atoms with Crippen LogP contribution in [0.1, 0.15) is 62.3 Å². The minimum Gasteiger partial charge on any atom is -0.491 e. The summed E-state index contributed by atoms with van der Waals surface area (Å²) in [6, 6.07) is 4.27. The summed E-state index contributed by atoms with van der Waals surface area (Å²) in [5.74, 6) is -0.495. The molecule has 0 spiro atoms. The quantitative estimate of drug-likeness (QED) is 0.292. The molecule has 2 aromatic rings. The van der Waals surface area contributed by atoms with Gasteiger partial charge in [-0.25, -0.2) is 13.8 Å². The van der Waals surface area contributed by atoms with E-state index >= 15 is 0 Å². The highest BCUT2D eigenvalue weighted by atomic mass is 19.1. The Bertz CT molecular complexity index is 1100. The van der Waals surface area contributed by atoms with E-state index in [2.05, 4.69) is 13.5 Å². The third kappa shape index (κ3) is 5.79. The first-order chi connectivity index (χ1) is 16.3. The zero-order chi connectivity index (χ0) is 24.8. The van der Waals surface area contributed by atoms with Gasteiger partial charge in [0.1, 0.15) is 23.1 Å². The van der Waals surface area contributed by atoms with Crippen molar-refractivity contribution in [3.8, 4) is 17.0 Å². The summed E-state index contributed by atoms with van der Waals surface area (Å²) in [6.07, 6.45) is 8.03. The molecule has 4 nitrogen and oxygen atoms in total. The van der Waals surface area contributed by atoms with Crippen molar-refractivity contribution in [1.82, 2.24) is 4.98 Å². The summed E-state index contributed by atoms with van der Waals surface area (Å²) in [6.45, 7) is 12.2. The molecule has 1 heterocycles. The molecular formula is C28H35F2N3O. The van der Waals surface area contributed by atoms with E-state index in [0.717, 1.165) is 30.0 Å². The zero-order valence-corrected chi connectivity index (χ0v) is 20.6. The Labute approximate surface area is 201 Å². The lowest BCUT2D eigenvalue weighted by atomic mass is 9.93. The Morgan fingerprint density at radius 3 is 2.53 bits per heavy atom. The van der Waals surface area contributed by atoms with Gasteiger partial charge in [-0.05, 0) is 74.8 Å². The monoisotopic (exact) mass is 467 g/mol. The number of allylic oxidation sites excluding steroid dienone is 1. The van der Waals surface area contributed by atoms with E-state index < -0.39 is 11.6 Å². The number of rotatable bonds is 11. The lowest BCUT2D eigenvalue weighted by Crippen LogP contribution is -2.17. The molecule has 0 radical (unpaired) electrons. The average molecular weight is 468 g/mol. The minimum atomic E-state index is -0.685. The minimum absolute atomic E-state index is 0.198. The van der Waals surface area contributed by atoms with E-state index in [-0.39, 0.29) is 18.0 Å². The van der Waals surface area contributed by atoms with Gasteiger partial charge in [0.25, 0.3) is 0 Å². The molecular weight excluding hydrogens is 432 g/mol. The van der Waals surface area contributed by atoms with E-state index in [0.29, 0.717) is 35.2 Å². The van der Waals surface area contributed by atoms with Crippen molar-refractivity contribution in [3.63, 3.8) is 0 Å². The van der Waals surface area contributed by atoms with Crippen molar-refractivity contribution in [1.29, 1.82) is 0 Å². The van der Waals surface area contributed by atoms with Crippen LogP contribution in [0.4, 0.5) is 8.78 Å². The SMILES string of the molecule is C=C/C(=C\N=C(CCC)C1CC1)C(CN)c1cc(C)c(OCC)c(-c2cc(C)c(F)cc2F)n1. The number of nitrogens with zero attached hydrogens (tertiary/aromatic N) is 2. The van der Waals surface area contributed by atoms with Gasteiger partial charge in [-0.3, -0.25) is 4.99 Å². The maximum atomic E-state index is 14.9. The van der Waals surface area contributed by atoms with Crippen LogP contribution in [0.5, 0.6) is 5.75 Å². The lowest BCUT2D eigenvalue weighted by molar-refractivity contribution is 0.337. The van der Waals surface area contributed by atoms with Crippen LogP contribution < -0.4 is 10.5 Å². The number of benzene rings is 1. The van der Waals surface area contributed by atoms with E-state index in [1.165, 1.54) is 24.6 Å². The van der Waals surface area contributed by atoms with Crippen LogP contribution in [0.3, 0.4) is 0 Å². The van der Waals surface area contributed by atoms with Gasteiger partial charge in [-0.2, -0.15) is 0 Å². The highest BCUT2D eigenvalue weighted by Crippen LogP contribution is 2.37. The fourth-order valence-corrected chi connectivity index (χ4v) is 4.13. The Hall–Kier alpha value is -2.86. The second-order valence-electron chi connectivity index (χ2n) is 8.82. The summed E-state index contributed by atoms with van der Waals surface area (Å²) >= 11 is 0. The molecule has 1 aliphatic rings. The number of nitrogens with two attached hydrogens (primary N) is 1. The molecule has 1 fully saturated rings. The van der Waals surface area contributed by atoms with Gasteiger partial charge >= 0.3 is 0 Å². The Kier molecular flexibility index (Phi) is 8.72. The molecule has 1 unspecified atom stereocenters. The van der Waals surface area contributed by atoms with Crippen molar-refractivity contribution in [2.45, 2.75) is 59.3 Å². The molecule has 1 aromatic carbocycles. The van der Waals surface area contributed by atoms with Crippen molar-refractivity contribution >= 4 is 5.71 Å². The maximum Gasteiger partial charge on any atom is 0.148 e. The molecule has 0 saturated heterocycles. The van der Waals surface area contributed by atoms with Gasteiger partial charge in [0, 0.05) is 36.0 Å². The Morgan fingerprint density at radius 2 is 1.94 bits per heavy atom. The van der Waals surface area contributed by atoms with Crippen molar-refractivity contribution in [2.24, 2.45) is 16.6 Å². The number of ether oxygens (including phenoxy) is 1. The molecule has 3 rings (SSSR count). The molecule has 1 saturated carbocycles. The van der Waals surface area contributed by atoms with E-state index in [4.69, 9.17) is 20.4 Å². The molecule has 0 bridgehead atoms. The van der Waals surface area contributed by atoms with Gasteiger partial charge in [-0.1, -0.05) is 26.0 Å². The van der Waals surface area contributed by atoms with Crippen molar-refractivity contribution < 1.29 is 13.5 Å². The number of aryl methyl sites for hydroxylation is 2. The van der Waals surface area contributed by atoms with Crippen molar-refractivity contribution in [2.75, 3.05) is 13.2 Å². The average Bonchev–Trinajstić information content (AvgIpc) is 3.65. The van der Waals surface area contributed by atoms with Crippen LogP contribution >= 0.6 is 0 Å². The first-order valence-electron chi connectivity index (χ1n) is 12.0. The summed E-state index contributed by atoms with van der Waals surface area (Å²) in [4.78, 5) is 9.60. The zero-order valence-electron chi connectivity index (χ0n) is 20.6. The van der Waals surface area contributed by atoms with Crippen LogP contribution in [0.2, 0.25) is 0 Å². The summed E-state index contributed by atoms with van der Waals surface area (Å²) in [5.41, 5.74) is 10.6. The lowest BCUT2D eigenvalue weighted by Gasteiger charge is -2.20. The Morgan fingerprint density at radius 1 is 1.21 bits per heavy atom. The van der Waals surface area contributed by atoms with Crippen molar-refractivity contribution in [3.05, 3.63) is 71.1 Å². The van der Waals surface area contributed by atoms with Crippen LogP contribution in [0.25, 0.3) is 11.3 Å². The van der Waals surface area contributed by atoms with Crippen LogP contribution in [0, 0.1) is 31.4 Å². The van der Waals surface area contributed by atoms with E-state index in [9.17, 15) is 8.78 Å². The summed E-state index contributed by atoms with van der Waals surface area (Å²) in [5, 5.41) is 0. The van der Waals surface area contributed by atoms with E-state index in [1.807, 2.05) is 26.1 Å². The standard InChI is InChI=1S/C28H35F2N3O/c1-6-9-25(20-10-11-20)32-16-19(7-2)22(15-31)26-13-18(5)28(34-8-3)27(33-26)21-12-17(4)23(29)14-24(21)30/h7,12-14,16,20,22H,2,6,8-11,15,31H2,1,3-5H3/b19-16+,32-25?. The number of halogens is 2. The van der Waals surface area contributed by atoms with E-state index in [1.54, 1.807) is 13.0 Å². The third-order valence-corrected chi connectivity index (χ3v) is 6.14. The molecule has 0 amide bonds. The number of hydrogen-bond donors (Lipinski definition) is 1. The summed E-state index contributed by atoms with van der Waals surface area (Å²) < 4.78 is 34.6. The first-order valence-corrected chi connectivity index (χ1v) is 12.0. The number of aromatic nitrogens is 1. The predicted octanol–water partition coefficient (Wildman–Crippen LogP) is 6.81. The summed E-state index contributed by atoms with van der Waals surface area (Å²) in [7, 11) is 0. The molecule has 1 aliphatic carbocycles. The van der Waals surface area contributed by atoms with Crippen LogP contribution in [-0.2, 0) is 0 Å². The molecule has 6 heteroatoms. The van der Waals surface area contributed by atoms with Crippen LogP contribution in [0.15, 0.2) is 47.6 Å². The molecule has 1 aromatic heterocycles. The maximum absolute atomic E-state index is 14.9. The van der Waals surface area contributed by atoms with Gasteiger partial charge in [0.05, 0.1) is 12.3 Å². The Balaban J connectivity index is 2.12. The van der Waals surface area contributed by atoms with Gasteiger partial charge in [-0.15, -0.1) is 0 Å². The normalized spacial score (nSPS) is 15.4. The molecule has 0 aliphatic heterocycles. The molecule has 1 atom stereocenters. The number of pyridine rings is 1. The van der Waals surface area contributed by atoms with Crippen LogP contribution in [-0.4, -0.2) is 23.8 Å². The first kappa shape index (κ1) is 25.8. The van der Waals surface area contributed by atoms with Gasteiger partial charge in [0.2, 0.25) is 0 Å². The fourth-order valence-electron chi connectivity index (χ4n) is 4.13. The third-order valence-electron chi connectivity index (χ3n) is 6.14. The second-order valence-corrected chi connectivity index (χ2v) is 8.82. The topological polar surface area (TPSA) is 60.5 Å². The second kappa shape index (κ2) is 11.5. The number of hydrogen-bond acceptors (Lipinski definition) is 4. The molecule has 34 heavy (non-hydrogen) atoms. The number of aliphatic imine (C=N–C) groups is 1. The molecule has 2 N–H and O–H groups in total. The fraction of sp³-hybridized carbons (Fsp3) is 0.429. The highest BCUT2D eigenvalue weighted by Gasteiger charge is 2.27. The predicted molar refractivity (Wildman–Crippen MR) is 135 cm³/mol. The largest absolute Gasteiger partial charge is 0.491 e. The van der Waals surface area contributed by atoms with Gasteiger partial charge in [0.15, 0.2) is 0 Å². The highest BCUT2D eigenvalue weighted by molar-refractivity contribution is 5.89. The van der Waals surface area contributed by atoms with Gasteiger partial charge < -0.3 is 10.5 Å². The molecule has 182 valence electrons. The smallest absolute Gasteiger partial charge is 0.148 e.